The zero-order valence-corrected chi connectivity index (χ0v) is 13.2. The minimum Gasteiger partial charge on any atom is -0.481 e. The molecular weight excluding hydrogens is 268 g/mol. The zero-order valence-electron chi connectivity index (χ0n) is 13.2. The van der Waals surface area contributed by atoms with Crippen molar-refractivity contribution in [1.29, 1.82) is 0 Å². The highest BCUT2D eigenvalue weighted by atomic mass is 16.4. The van der Waals surface area contributed by atoms with Gasteiger partial charge in [0, 0.05) is 19.6 Å². The van der Waals surface area contributed by atoms with Crippen LogP contribution >= 0.6 is 0 Å². The number of carboxylic acids is 1. The number of piperidine rings is 1. The zero-order chi connectivity index (χ0) is 15.5. The molecule has 2 N–H and O–H groups in total. The highest BCUT2D eigenvalue weighted by Crippen LogP contribution is 2.31. The first-order valence-electron chi connectivity index (χ1n) is 8.17. The fourth-order valence-electron chi connectivity index (χ4n) is 3.29. The molecule has 120 valence electrons. The van der Waals surface area contributed by atoms with Gasteiger partial charge >= 0.3 is 12.0 Å². The average Bonchev–Trinajstić information content (AvgIpc) is 2.47. The lowest BCUT2D eigenvalue weighted by Crippen LogP contribution is -2.49. The molecule has 21 heavy (non-hydrogen) atoms. The fraction of sp³-hybridized carbons (Fsp3) is 0.875. The van der Waals surface area contributed by atoms with E-state index in [4.69, 9.17) is 0 Å². The van der Waals surface area contributed by atoms with Gasteiger partial charge in [0.1, 0.15) is 0 Å². The number of hydrogen-bond acceptors (Lipinski definition) is 2. The molecule has 1 heterocycles. The van der Waals surface area contributed by atoms with Gasteiger partial charge in [-0.05, 0) is 44.4 Å². The number of nitrogens with one attached hydrogen (secondary N) is 1. The largest absolute Gasteiger partial charge is 0.481 e. The molecule has 2 rings (SSSR count). The summed E-state index contributed by atoms with van der Waals surface area (Å²) in [5.41, 5.74) is -0.670. The molecule has 2 fully saturated rings. The fourth-order valence-corrected chi connectivity index (χ4v) is 3.29. The molecule has 0 radical (unpaired) electrons. The molecule has 5 heteroatoms. The minimum atomic E-state index is -0.751. The monoisotopic (exact) mass is 296 g/mol. The van der Waals surface area contributed by atoms with E-state index in [1.54, 1.807) is 11.8 Å². The van der Waals surface area contributed by atoms with Crippen molar-refractivity contribution in [2.24, 2.45) is 17.3 Å². The number of carboxylic acid groups (broad SMARTS) is 1. The van der Waals surface area contributed by atoms with Gasteiger partial charge in [0.2, 0.25) is 0 Å². The third-order valence-corrected chi connectivity index (χ3v) is 5.35. The second-order valence-electron chi connectivity index (χ2n) is 7.16. The normalized spacial score (nSPS) is 29.0. The molecule has 2 aliphatic rings. The molecule has 2 amide bonds. The SMILES string of the molecule is CC1CCC(CNC(=O)N2CCC(C)(C(=O)O)CC2)CC1. The molecule has 1 aliphatic carbocycles. The molecule has 1 saturated carbocycles. The Morgan fingerprint density at radius 3 is 2.29 bits per heavy atom. The highest BCUT2D eigenvalue weighted by molar-refractivity contribution is 5.76. The Kier molecular flexibility index (Phi) is 5.12. The van der Waals surface area contributed by atoms with E-state index in [0.29, 0.717) is 31.8 Å². The van der Waals surface area contributed by atoms with Crippen LogP contribution in [0, 0.1) is 17.3 Å². The summed E-state index contributed by atoms with van der Waals surface area (Å²) in [6.45, 7) is 5.90. The summed E-state index contributed by atoms with van der Waals surface area (Å²) >= 11 is 0. The second kappa shape index (κ2) is 6.67. The molecule has 1 saturated heterocycles. The smallest absolute Gasteiger partial charge is 0.317 e. The van der Waals surface area contributed by atoms with Gasteiger partial charge in [0.05, 0.1) is 5.41 Å². The standard InChI is InChI=1S/C16H28N2O3/c1-12-3-5-13(6-4-12)11-17-15(21)18-9-7-16(2,8-10-18)14(19)20/h12-13H,3-11H2,1-2H3,(H,17,21)(H,19,20). The van der Waals surface area contributed by atoms with Gasteiger partial charge in [0.25, 0.3) is 0 Å². The molecule has 0 bridgehead atoms. The van der Waals surface area contributed by atoms with Crippen LogP contribution in [-0.4, -0.2) is 41.6 Å². The maximum Gasteiger partial charge on any atom is 0.317 e. The summed E-state index contributed by atoms with van der Waals surface area (Å²) in [5, 5.41) is 12.2. The van der Waals surface area contributed by atoms with Crippen molar-refractivity contribution in [3.05, 3.63) is 0 Å². The Labute approximate surface area is 127 Å². The number of urea groups is 1. The lowest BCUT2D eigenvalue weighted by molar-refractivity contribution is -0.150. The maximum atomic E-state index is 12.2. The first-order valence-corrected chi connectivity index (χ1v) is 8.17. The van der Waals surface area contributed by atoms with Crippen molar-refractivity contribution in [3.63, 3.8) is 0 Å². The number of likely N-dealkylation sites (tertiary alicyclic amines) is 1. The maximum absolute atomic E-state index is 12.2. The topological polar surface area (TPSA) is 69.6 Å². The van der Waals surface area contributed by atoms with Crippen LogP contribution < -0.4 is 5.32 Å². The average molecular weight is 296 g/mol. The number of rotatable bonds is 3. The first-order chi connectivity index (χ1) is 9.90. The van der Waals surface area contributed by atoms with Gasteiger partial charge < -0.3 is 15.3 Å². The number of carbonyl (C=O) groups excluding carboxylic acids is 1. The summed E-state index contributed by atoms with van der Waals surface area (Å²) < 4.78 is 0. The highest BCUT2D eigenvalue weighted by Gasteiger charge is 2.38. The summed E-state index contributed by atoms with van der Waals surface area (Å²) in [6.07, 6.45) is 6.02. The van der Waals surface area contributed by atoms with E-state index in [9.17, 15) is 14.7 Å². The van der Waals surface area contributed by atoms with Crippen molar-refractivity contribution in [2.75, 3.05) is 19.6 Å². The molecule has 1 aliphatic heterocycles. The van der Waals surface area contributed by atoms with Crippen LogP contribution in [0.4, 0.5) is 4.79 Å². The first kappa shape index (κ1) is 16.1. The molecule has 0 aromatic heterocycles. The predicted molar refractivity (Wildman–Crippen MR) is 81.1 cm³/mol. The predicted octanol–water partition coefficient (Wildman–Crippen LogP) is 2.71. The van der Waals surface area contributed by atoms with E-state index >= 15 is 0 Å². The lowest BCUT2D eigenvalue weighted by atomic mass is 9.80. The van der Waals surface area contributed by atoms with Crippen molar-refractivity contribution in [2.45, 2.75) is 52.4 Å². The Balaban J connectivity index is 1.71. The van der Waals surface area contributed by atoms with Crippen LogP contribution in [-0.2, 0) is 4.79 Å². The lowest BCUT2D eigenvalue weighted by Gasteiger charge is -2.36. The van der Waals surface area contributed by atoms with Crippen LogP contribution in [0.1, 0.15) is 52.4 Å². The van der Waals surface area contributed by atoms with Crippen molar-refractivity contribution in [1.82, 2.24) is 10.2 Å². The van der Waals surface area contributed by atoms with E-state index in [0.717, 1.165) is 12.5 Å². The Hall–Kier alpha value is -1.26. The van der Waals surface area contributed by atoms with Crippen molar-refractivity contribution in [3.8, 4) is 0 Å². The molecule has 0 spiro atoms. The third kappa shape index (κ3) is 4.11. The Morgan fingerprint density at radius 1 is 1.19 bits per heavy atom. The second-order valence-corrected chi connectivity index (χ2v) is 7.16. The van der Waals surface area contributed by atoms with E-state index in [1.807, 2.05) is 0 Å². The third-order valence-electron chi connectivity index (χ3n) is 5.35. The molecular formula is C16H28N2O3. The molecule has 0 aromatic carbocycles. The van der Waals surface area contributed by atoms with E-state index in [-0.39, 0.29) is 6.03 Å². The molecule has 0 unspecified atom stereocenters. The van der Waals surface area contributed by atoms with Crippen molar-refractivity contribution >= 4 is 12.0 Å². The Morgan fingerprint density at radius 2 is 1.76 bits per heavy atom. The van der Waals surface area contributed by atoms with Crippen LogP contribution in [0.25, 0.3) is 0 Å². The van der Waals surface area contributed by atoms with E-state index < -0.39 is 11.4 Å². The summed E-state index contributed by atoms with van der Waals surface area (Å²) in [5.74, 6) is 0.686. The van der Waals surface area contributed by atoms with Gasteiger partial charge in [-0.25, -0.2) is 4.79 Å². The number of aliphatic carboxylic acids is 1. The van der Waals surface area contributed by atoms with Crippen LogP contribution in [0.2, 0.25) is 0 Å². The van der Waals surface area contributed by atoms with E-state index in [1.165, 1.54) is 25.7 Å². The van der Waals surface area contributed by atoms with Gasteiger partial charge in [-0.1, -0.05) is 19.8 Å². The Bertz CT molecular complexity index is 381. The van der Waals surface area contributed by atoms with Crippen molar-refractivity contribution < 1.29 is 14.7 Å². The summed E-state index contributed by atoms with van der Waals surface area (Å²) in [6, 6.07) is -0.0268. The quantitative estimate of drug-likeness (QED) is 0.841. The minimum absolute atomic E-state index is 0.0268. The summed E-state index contributed by atoms with van der Waals surface area (Å²) in [7, 11) is 0. The van der Waals surface area contributed by atoms with Gasteiger partial charge in [-0.3, -0.25) is 4.79 Å². The summed E-state index contributed by atoms with van der Waals surface area (Å²) in [4.78, 5) is 25.1. The molecule has 5 nitrogen and oxygen atoms in total. The molecule has 0 atom stereocenters. The number of carbonyl (C=O) groups is 2. The van der Waals surface area contributed by atoms with Gasteiger partial charge in [-0.15, -0.1) is 0 Å². The van der Waals surface area contributed by atoms with Gasteiger partial charge in [-0.2, -0.15) is 0 Å². The van der Waals surface area contributed by atoms with Crippen LogP contribution in [0.5, 0.6) is 0 Å². The number of amides is 2. The number of hydrogen-bond donors (Lipinski definition) is 2. The molecule has 0 aromatic rings. The van der Waals surface area contributed by atoms with E-state index in [2.05, 4.69) is 12.2 Å². The van der Waals surface area contributed by atoms with Crippen LogP contribution in [0.3, 0.4) is 0 Å². The van der Waals surface area contributed by atoms with Gasteiger partial charge in [0.15, 0.2) is 0 Å². The van der Waals surface area contributed by atoms with Crippen LogP contribution in [0.15, 0.2) is 0 Å². The number of nitrogens with zero attached hydrogens (tertiary/aromatic N) is 1.